The van der Waals surface area contributed by atoms with E-state index >= 15 is 0 Å². The highest BCUT2D eigenvalue weighted by molar-refractivity contribution is 6.00. The zero-order valence-corrected chi connectivity index (χ0v) is 9.55. The molecular formula is C12H17NO3. The molecule has 0 bridgehead atoms. The third-order valence-electron chi connectivity index (χ3n) is 2.13. The van der Waals surface area contributed by atoms with Crippen LogP contribution >= 0.6 is 0 Å². The predicted octanol–water partition coefficient (Wildman–Crippen LogP) is 2.03. The maximum Gasteiger partial charge on any atom is 0.119 e. The summed E-state index contributed by atoms with van der Waals surface area (Å²) in [6.07, 6.45) is 0.189. The first kappa shape index (κ1) is 12.5. The van der Waals surface area contributed by atoms with Crippen LogP contribution in [0.15, 0.2) is 29.4 Å². The van der Waals surface area contributed by atoms with Gasteiger partial charge < -0.3 is 15.1 Å². The van der Waals surface area contributed by atoms with Gasteiger partial charge in [-0.25, -0.2) is 0 Å². The third kappa shape index (κ3) is 3.55. The Balaban J connectivity index is 2.67. The summed E-state index contributed by atoms with van der Waals surface area (Å²) in [5.74, 6) is 0.693. The van der Waals surface area contributed by atoms with E-state index in [1.807, 2.05) is 19.1 Å². The number of nitrogens with zero attached hydrogens (tertiary/aromatic N) is 1. The van der Waals surface area contributed by atoms with Crippen molar-refractivity contribution in [3.63, 3.8) is 0 Å². The number of hydrogen-bond donors (Lipinski definition) is 2. The van der Waals surface area contributed by atoms with Gasteiger partial charge in [0.05, 0.1) is 11.8 Å². The molecule has 0 radical (unpaired) electrons. The number of hydrogen-bond acceptors (Lipinski definition) is 4. The second kappa shape index (κ2) is 6.12. The monoisotopic (exact) mass is 223 g/mol. The number of aliphatic hydroxyl groups is 1. The second-order valence-electron chi connectivity index (χ2n) is 3.58. The molecule has 1 atom stereocenters. The summed E-state index contributed by atoms with van der Waals surface area (Å²) in [6, 6.07) is 7.24. The summed E-state index contributed by atoms with van der Waals surface area (Å²) in [6.45, 7) is 3.86. The highest BCUT2D eigenvalue weighted by Crippen LogP contribution is 2.14. The molecule has 1 rings (SSSR count). The summed E-state index contributed by atoms with van der Waals surface area (Å²) in [5.41, 5.74) is 1.51. The highest BCUT2D eigenvalue weighted by Gasteiger charge is 2.02. The first-order chi connectivity index (χ1) is 7.67. The topological polar surface area (TPSA) is 62.1 Å². The van der Waals surface area contributed by atoms with Crippen LogP contribution in [-0.2, 0) is 0 Å². The Labute approximate surface area is 95.2 Å². The normalized spacial score (nSPS) is 13.6. The number of rotatable bonds is 5. The molecule has 2 N–H and O–H groups in total. The van der Waals surface area contributed by atoms with Gasteiger partial charge in [-0.05, 0) is 43.2 Å². The first-order valence-corrected chi connectivity index (χ1v) is 5.29. The summed E-state index contributed by atoms with van der Waals surface area (Å²) < 4.78 is 5.32. The van der Waals surface area contributed by atoms with E-state index in [0.717, 1.165) is 5.56 Å². The molecule has 0 aromatic heterocycles. The molecule has 88 valence electrons. The fraction of sp³-hybridized carbons (Fsp3) is 0.417. The van der Waals surface area contributed by atoms with Crippen LogP contribution in [0.25, 0.3) is 0 Å². The number of ether oxygens (including phenoxy) is 1. The van der Waals surface area contributed by atoms with E-state index in [9.17, 15) is 0 Å². The van der Waals surface area contributed by atoms with Crippen molar-refractivity contribution in [2.75, 3.05) is 6.61 Å². The lowest BCUT2D eigenvalue weighted by Gasteiger charge is -2.08. The predicted molar refractivity (Wildman–Crippen MR) is 62.2 cm³/mol. The van der Waals surface area contributed by atoms with Crippen molar-refractivity contribution < 1.29 is 15.1 Å². The molecule has 1 aromatic rings. The van der Waals surface area contributed by atoms with Crippen molar-refractivity contribution in [2.45, 2.75) is 26.4 Å². The van der Waals surface area contributed by atoms with E-state index in [1.54, 1.807) is 19.1 Å². The van der Waals surface area contributed by atoms with Crippen LogP contribution in [-0.4, -0.2) is 28.7 Å². The van der Waals surface area contributed by atoms with Gasteiger partial charge in [-0.2, -0.15) is 0 Å². The van der Waals surface area contributed by atoms with Crippen LogP contribution in [0, 0.1) is 0 Å². The van der Waals surface area contributed by atoms with Gasteiger partial charge in [-0.15, -0.1) is 0 Å². The molecule has 0 aliphatic rings. The van der Waals surface area contributed by atoms with Crippen LogP contribution in [0.2, 0.25) is 0 Å². The molecule has 0 saturated carbocycles. The Bertz CT molecular complexity index is 344. The fourth-order valence-corrected chi connectivity index (χ4v) is 1.29. The molecule has 0 saturated heterocycles. The molecule has 0 heterocycles. The van der Waals surface area contributed by atoms with Crippen molar-refractivity contribution in [3.05, 3.63) is 29.8 Å². The van der Waals surface area contributed by atoms with Crippen LogP contribution in [0.3, 0.4) is 0 Å². The molecule has 0 spiro atoms. The standard InChI is InChI=1S/C12H17NO3/c1-3-12(13-15)10-4-6-11(7-5-10)16-8-9(2)14/h4-7,9,14-15H,3,8H2,1-2H3/b13-12+. The minimum atomic E-state index is -0.482. The summed E-state index contributed by atoms with van der Waals surface area (Å²) in [5, 5.41) is 21.0. The van der Waals surface area contributed by atoms with Crippen molar-refractivity contribution in [1.29, 1.82) is 0 Å². The lowest BCUT2D eigenvalue weighted by atomic mass is 10.1. The Morgan fingerprint density at radius 2 is 2.00 bits per heavy atom. The number of benzene rings is 1. The van der Waals surface area contributed by atoms with Crippen molar-refractivity contribution in [3.8, 4) is 5.75 Å². The van der Waals surface area contributed by atoms with Crippen LogP contribution in [0.4, 0.5) is 0 Å². The Kier molecular flexibility index (Phi) is 4.79. The van der Waals surface area contributed by atoms with Gasteiger partial charge in [0, 0.05) is 0 Å². The largest absolute Gasteiger partial charge is 0.491 e. The zero-order chi connectivity index (χ0) is 12.0. The average Bonchev–Trinajstić information content (AvgIpc) is 2.29. The second-order valence-corrected chi connectivity index (χ2v) is 3.58. The van der Waals surface area contributed by atoms with E-state index in [2.05, 4.69) is 5.16 Å². The quantitative estimate of drug-likeness (QED) is 0.456. The minimum Gasteiger partial charge on any atom is -0.491 e. The molecule has 0 fully saturated rings. The molecule has 0 aliphatic heterocycles. The maximum atomic E-state index is 9.06. The zero-order valence-electron chi connectivity index (χ0n) is 9.55. The van der Waals surface area contributed by atoms with E-state index in [0.29, 0.717) is 17.9 Å². The van der Waals surface area contributed by atoms with Gasteiger partial charge in [0.2, 0.25) is 0 Å². The lowest BCUT2D eigenvalue weighted by Crippen LogP contribution is -2.12. The molecule has 16 heavy (non-hydrogen) atoms. The summed E-state index contributed by atoms with van der Waals surface area (Å²) in [4.78, 5) is 0. The third-order valence-corrected chi connectivity index (χ3v) is 2.13. The molecule has 0 amide bonds. The van der Waals surface area contributed by atoms with E-state index in [4.69, 9.17) is 15.1 Å². The summed E-state index contributed by atoms with van der Waals surface area (Å²) >= 11 is 0. The first-order valence-electron chi connectivity index (χ1n) is 5.29. The van der Waals surface area contributed by atoms with Gasteiger partial charge in [0.25, 0.3) is 0 Å². The van der Waals surface area contributed by atoms with E-state index in [-0.39, 0.29) is 6.61 Å². The molecular weight excluding hydrogens is 206 g/mol. The molecule has 1 aromatic carbocycles. The number of oxime groups is 1. The molecule has 1 unspecified atom stereocenters. The Morgan fingerprint density at radius 3 is 2.44 bits per heavy atom. The van der Waals surface area contributed by atoms with Gasteiger partial charge in [0.15, 0.2) is 0 Å². The van der Waals surface area contributed by atoms with Gasteiger partial charge in [-0.1, -0.05) is 12.1 Å². The van der Waals surface area contributed by atoms with Gasteiger partial charge in [-0.3, -0.25) is 0 Å². The van der Waals surface area contributed by atoms with Crippen molar-refractivity contribution >= 4 is 5.71 Å². The lowest BCUT2D eigenvalue weighted by molar-refractivity contribution is 0.123. The van der Waals surface area contributed by atoms with Gasteiger partial charge >= 0.3 is 0 Å². The molecule has 4 nitrogen and oxygen atoms in total. The Hall–Kier alpha value is -1.55. The van der Waals surface area contributed by atoms with E-state index < -0.39 is 6.10 Å². The van der Waals surface area contributed by atoms with E-state index in [1.165, 1.54) is 0 Å². The summed E-state index contributed by atoms with van der Waals surface area (Å²) in [7, 11) is 0. The van der Waals surface area contributed by atoms with Crippen molar-refractivity contribution in [2.24, 2.45) is 5.16 Å². The minimum absolute atomic E-state index is 0.272. The van der Waals surface area contributed by atoms with Crippen LogP contribution in [0.5, 0.6) is 5.75 Å². The maximum absolute atomic E-state index is 9.06. The average molecular weight is 223 g/mol. The van der Waals surface area contributed by atoms with Crippen LogP contribution < -0.4 is 4.74 Å². The smallest absolute Gasteiger partial charge is 0.119 e. The Morgan fingerprint density at radius 1 is 1.38 bits per heavy atom. The van der Waals surface area contributed by atoms with Gasteiger partial charge in [0.1, 0.15) is 12.4 Å². The SMILES string of the molecule is CC/C(=N\O)c1ccc(OCC(C)O)cc1. The number of aliphatic hydroxyl groups excluding tert-OH is 1. The van der Waals surface area contributed by atoms with Crippen LogP contribution in [0.1, 0.15) is 25.8 Å². The fourth-order valence-electron chi connectivity index (χ4n) is 1.29. The van der Waals surface area contributed by atoms with Crippen molar-refractivity contribution in [1.82, 2.24) is 0 Å². The highest BCUT2D eigenvalue weighted by atomic mass is 16.5. The molecule has 4 heteroatoms. The molecule has 0 aliphatic carbocycles.